The number of aliphatic hydroxyl groups is 1. The molecule has 4 atom stereocenters. The third-order valence-electron chi connectivity index (χ3n) is 6.77. The van der Waals surface area contributed by atoms with Crippen LogP contribution in [0.2, 0.25) is 0 Å². The Labute approximate surface area is 212 Å². The molecule has 2 aromatic rings. The third kappa shape index (κ3) is 3.75. The first-order valence-electron chi connectivity index (χ1n) is 9.66. The SMILES string of the molecule is C.Cc1[c-]c(C)c([C@@H]2c3cc4c(cc3[C@H](O)C3COC(=O)[C@H]32)OCO4)c(C)c1C.[2HH].[B].[Y]. The summed E-state index contributed by atoms with van der Waals surface area (Å²) in [7, 11) is 0. The van der Waals surface area contributed by atoms with Crippen LogP contribution in [0, 0.1) is 45.6 Å². The Kier molecular flexibility index (Phi) is 7.72. The van der Waals surface area contributed by atoms with Crippen molar-refractivity contribution in [2.24, 2.45) is 11.8 Å². The van der Waals surface area contributed by atoms with Crippen molar-refractivity contribution in [3.8, 4) is 11.5 Å². The topological polar surface area (TPSA) is 65.0 Å². The Bertz CT molecular complexity index is 1030. The van der Waals surface area contributed by atoms with Crippen molar-refractivity contribution in [1.29, 1.82) is 0 Å². The molecule has 1 aliphatic carbocycles. The molecule has 3 aliphatic rings. The maximum atomic E-state index is 12.8. The van der Waals surface area contributed by atoms with Crippen LogP contribution in [-0.2, 0) is 42.2 Å². The molecule has 1 saturated heterocycles. The predicted octanol–water partition coefficient (Wildman–Crippen LogP) is 3.92. The molecule has 162 valence electrons. The molecule has 7 heteroatoms. The van der Waals surface area contributed by atoms with Gasteiger partial charge < -0.3 is 19.3 Å². The fourth-order valence-electron chi connectivity index (χ4n) is 5.16. The number of hydrogen-bond donors (Lipinski definition) is 1. The van der Waals surface area contributed by atoms with Crippen molar-refractivity contribution < 1.29 is 58.2 Å². The van der Waals surface area contributed by atoms with Crippen molar-refractivity contribution in [3.63, 3.8) is 0 Å². The molecular weight excluding hydrogens is 468 g/mol. The monoisotopic (exact) mass is 498 g/mol. The molecule has 2 aliphatic heterocycles. The van der Waals surface area contributed by atoms with Crippen molar-refractivity contribution >= 4 is 14.4 Å². The average Bonchev–Trinajstić information content (AvgIpc) is 3.27. The number of hydrogen-bond acceptors (Lipinski definition) is 5. The van der Waals surface area contributed by atoms with Gasteiger partial charge in [0.05, 0.1) is 18.6 Å². The fraction of sp³-hybridized carbons (Fsp3) is 0.458. The Hall–Kier alpha value is -1.36. The van der Waals surface area contributed by atoms with Gasteiger partial charge in [0.1, 0.15) is 0 Å². The number of cyclic esters (lactones) is 1. The number of esters is 1. The number of ether oxygens (including phenoxy) is 3. The molecule has 1 unspecified atom stereocenters. The van der Waals surface area contributed by atoms with Crippen LogP contribution in [0.4, 0.5) is 0 Å². The van der Waals surface area contributed by atoms with E-state index in [1.165, 1.54) is 5.56 Å². The number of benzene rings is 2. The van der Waals surface area contributed by atoms with Gasteiger partial charge >= 0.3 is 5.97 Å². The number of rotatable bonds is 1. The van der Waals surface area contributed by atoms with E-state index in [4.69, 9.17) is 14.2 Å². The molecule has 0 aromatic heterocycles. The van der Waals surface area contributed by atoms with E-state index in [1.54, 1.807) is 0 Å². The number of fused-ring (bicyclic) bond motifs is 3. The van der Waals surface area contributed by atoms with Crippen LogP contribution in [-0.4, -0.2) is 32.9 Å². The smallest absolute Gasteiger partial charge is 0.309 e. The van der Waals surface area contributed by atoms with Gasteiger partial charge in [-0.1, -0.05) is 35.1 Å². The standard InChI is InChI=1S/C23H23O5.CH4.B.Y.H2/c1-10-5-11(2)19(13(4)12(10)3)20-14-6-17-18(28-9-27-17)7-15(14)22(24)16-8-26-23(25)21(16)20;;;;/h6-7,16,20-22,24H,8-9H2,1-4H3;1H4;;;1H/q-1;;;;/t16?,20-,21+,22-;;;;/m0..../s1/i;;;;1+1. The molecule has 2 heterocycles. The molecular formula is C24H29BO5Y-. The Balaban J connectivity index is 0.00000128. The summed E-state index contributed by atoms with van der Waals surface area (Å²) in [6.45, 7) is 8.70. The van der Waals surface area contributed by atoms with Gasteiger partial charge in [0.25, 0.3) is 0 Å². The van der Waals surface area contributed by atoms with Crippen molar-refractivity contribution in [2.75, 3.05) is 13.4 Å². The average molecular weight is 498 g/mol. The van der Waals surface area contributed by atoms with E-state index >= 15 is 0 Å². The van der Waals surface area contributed by atoms with E-state index in [0.29, 0.717) is 11.5 Å². The van der Waals surface area contributed by atoms with Crippen molar-refractivity contribution in [1.82, 2.24) is 0 Å². The van der Waals surface area contributed by atoms with Crippen LogP contribution in [0.25, 0.3) is 0 Å². The second kappa shape index (κ2) is 9.25. The molecule has 31 heavy (non-hydrogen) atoms. The number of aliphatic hydroxyl groups excluding tert-OH is 1. The van der Waals surface area contributed by atoms with Gasteiger partial charge in [-0.3, -0.25) is 4.79 Å². The van der Waals surface area contributed by atoms with Crippen LogP contribution in [0.3, 0.4) is 0 Å². The molecule has 0 spiro atoms. The zero-order chi connectivity index (χ0) is 19.7. The minimum absolute atomic E-state index is 0. The first-order chi connectivity index (χ1) is 13.4. The van der Waals surface area contributed by atoms with E-state index in [-0.39, 0.29) is 81.2 Å². The minimum atomic E-state index is -0.770. The largest absolute Gasteiger partial charge is 0.465 e. The first-order valence-corrected chi connectivity index (χ1v) is 9.66. The second-order valence-electron chi connectivity index (χ2n) is 8.12. The molecule has 0 bridgehead atoms. The molecule has 1 N–H and O–H groups in total. The molecule has 0 saturated carbocycles. The Morgan fingerprint density at radius 3 is 2.26 bits per heavy atom. The Morgan fingerprint density at radius 1 is 1.00 bits per heavy atom. The van der Waals surface area contributed by atoms with E-state index in [0.717, 1.165) is 33.4 Å². The van der Waals surface area contributed by atoms with Gasteiger partial charge in [0.2, 0.25) is 6.79 Å². The summed E-state index contributed by atoms with van der Waals surface area (Å²) in [5, 5.41) is 11.0. The van der Waals surface area contributed by atoms with Crippen LogP contribution in [0.5, 0.6) is 11.5 Å². The van der Waals surface area contributed by atoms with Gasteiger partial charge in [0, 0.05) is 48.5 Å². The number of aryl methyl sites for hydroxylation is 2. The van der Waals surface area contributed by atoms with Crippen LogP contribution < -0.4 is 9.47 Å². The molecule has 0 amide bonds. The second-order valence-corrected chi connectivity index (χ2v) is 8.12. The summed E-state index contributed by atoms with van der Waals surface area (Å²) >= 11 is 0. The van der Waals surface area contributed by atoms with E-state index < -0.39 is 12.0 Å². The predicted molar refractivity (Wildman–Crippen MR) is 116 cm³/mol. The van der Waals surface area contributed by atoms with E-state index in [1.807, 2.05) is 19.1 Å². The minimum Gasteiger partial charge on any atom is -0.465 e. The number of carbonyl (C=O) groups is 1. The summed E-state index contributed by atoms with van der Waals surface area (Å²) in [5.41, 5.74) is 7.30. The normalized spacial score (nSPS) is 24.7. The van der Waals surface area contributed by atoms with Crippen LogP contribution in [0.15, 0.2) is 12.1 Å². The van der Waals surface area contributed by atoms with Gasteiger partial charge in [-0.25, -0.2) is 0 Å². The van der Waals surface area contributed by atoms with Gasteiger partial charge in [0.15, 0.2) is 11.5 Å². The van der Waals surface area contributed by atoms with Crippen molar-refractivity contribution in [3.05, 3.63) is 57.1 Å². The Morgan fingerprint density at radius 2 is 1.61 bits per heavy atom. The van der Waals surface area contributed by atoms with Crippen LogP contribution in [0.1, 0.15) is 59.8 Å². The van der Waals surface area contributed by atoms with Gasteiger partial charge in [-0.2, -0.15) is 28.3 Å². The molecule has 5 rings (SSSR count). The summed E-state index contributed by atoms with van der Waals surface area (Å²) < 4.78 is 16.5. The van der Waals surface area contributed by atoms with Crippen LogP contribution >= 0.6 is 0 Å². The number of carbonyl (C=O) groups excluding carboxylic acids is 1. The molecule has 5 nitrogen and oxygen atoms in total. The summed E-state index contributed by atoms with van der Waals surface area (Å²) in [4.78, 5) is 12.8. The fourth-order valence-corrected chi connectivity index (χ4v) is 5.16. The summed E-state index contributed by atoms with van der Waals surface area (Å²) in [5.74, 6) is 0.156. The third-order valence-corrected chi connectivity index (χ3v) is 6.77. The summed E-state index contributed by atoms with van der Waals surface area (Å²) in [6.07, 6.45) is -0.770. The van der Waals surface area contributed by atoms with Gasteiger partial charge in [-0.15, -0.1) is 5.56 Å². The van der Waals surface area contributed by atoms with E-state index in [9.17, 15) is 9.90 Å². The zero-order valence-corrected chi connectivity index (χ0v) is 20.5. The molecule has 2 aromatic carbocycles. The summed E-state index contributed by atoms with van der Waals surface area (Å²) in [6, 6.07) is 7.26. The maximum Gasteiger partial charge on any atom is 0.309 e. The first kappa shape index (κ1) is 25.9. The van der Waals surface area contributed by atoms with E-state index in [2.05, 4.69) is 26.8 Å². The molecule has 1 fully saturated rings. The van der Waals surface area contributed by atoms with Gasteiger partial charge in [-0.05, 0) is 29.2 Å². The molecule has 4 radical (unpaired) electrons. The quantitative estimate of drug-likeness (QED) is 0.367. The van der Waals surface area contributed by atoms with Crippen molar-refractivity contribution in [2.45, 2.75) is 47.1 Å². The zero-order valence-electron chi connectivity index (χ0n) is 17.6. The maximum absolute atomic E-state index is 12.8.